The summed E-state index contributed by atoms with van der Waals surface area (Å²) >= 11 is 1.87. The third-order valence-corrected chi connectivity index (χ3v) is 4.19. The van der Waals surface area contributed by atoms with E-state index < -0.39 is 16.1 Å². The summed E-state index contributed by atoms with van der Waals surface area (Å²) in [7, 11) is 1.52. The van der Waals surface area contributed by atoms with Crippen LogP contribution in [0.25, 0.3) is 0 Å². The maximum atomic E-state index is 12.8. The lowest BCUT2D eigenvalue weighted by molar-refractivity contribution is -0.185. The monoisotopic (exact) mass is 441 g/mol. The second-order valence-electron chi connectivity index (χ2n) is 5.23. The van der Waals surface area contributed by atoms with Crippen LogP contribution in [0.1, 0.15) is 19.4 Å². The maximum Gasteiger partial charge on any atom is 0.471 e. The van der Waals surface area contributed by atoms with E-state index in [0.29, 0.717) is 12.2 Å². The predicted molar refractivity (Wildman–Crippen MR) is 91.7 cm³/mol. The highest BCUT2D eigenvalue weighted by Crippen LogP contribution is 2.25. The van der Waals surface area contributed by atoms with E-state index in [2.05, 4.69) is 0 Å². The van der Waals surface area contributed by atoms with Gasteiger partial charge in [0.05, 0.1) is 11.2 Å². The number of alkyl halides is 4. The molecular formula is C16H19F3INO2. The third kappa shape index (κ3) is 6.40. The van der Waals surface area contributed by atoms with Crippen molar-refractivity contribution in [2.45, 2.75) is 30.5 Å². The van der Waals surface area contributed by atoms with E-state index in [1.165, 1.54) is 7.11 Å². The Morgan fingerprint density at radius 2 is 2.04 bits per heavy atom. The number of nitrogens with zero attached hydrogens (tertiary/aromatic N) is 1. The molecule has 0 radical (unpaired) electrons. The van der Waals surface area contributed by atoms with Crippen molar-refractivity contribution >= 4 is 28.5 Å². The van der Waals surface area contributed by atoms with E-state index >= 15 is 0 Å². The zero-order chi connectivity index (χ0) is 17.6. The van der Waals surface area contributed by atoms with Gasteiger partial charge >= 0.3 is 12.1 Å². The largest absolute Gasteiger partial charge is 0.497 e. The first kappa shape index (κ1) is 19.8. The molecule has 1 amide bonds. The van der Waals surface area contributed by atoms with Gasteiger partial charge in [0, 0.05) is 13.0 Å². The summed E-state index contributed by atoms with van der Waals surface area (Å²) in [5.74, 6) is -1.19. The number of carbonyl (C=O) groups is 1. The Kier molecular flexibility index (Phi) is 7.37. The van der Waals surface area contributed by atoms with Crippen LogP contribution in [-0.4, -0.2) is 34.7 Å². The number of methoxy groups -OCH3 is 1. The molecule has 1 atom stereocenters. The molecule has 3 nitrogen and oxygen atoms in total. The van der Waals surface area contributed by atoms with Crippen LogP contribution in [0.3, 0.4) is 0 Å². The van der Waals surface area contributed by atoms with Gasteiger partial charge in [0.2, 0.25) is 0 Å². The lowest BCUT2D eigenvalue weighted by Gasteiger charge is -2.28. The van der Waals surface area contributed by atoms with Gasteiger partial charge in [-0.25, -0.2) is 0 Å². The predicted octanol–water partition coefficient (Wildman–Crippen LogP) is 4.36. The van der Waals surface area contributed by atoms with Crippen LogP contribution in [0.5, 0.6) is 5.75 Å². The Morgan fingerprint density at radius 3 is 2.57 bits per heavy atom. The second kappa shape index (κ2) is 8.56. The van der Waals surface area contributed by atoms with Gasteiger partial charge in [-0.15, -0.1) is 0 Å². The van der Waals surface area contributed by atoms with Gasteiger partial charge in [-0.3, -0.25) is 4.79 Å². The first-order valence-electron chi connectivity index (χ1n) is 6.93. The molecule has 0 aliphatic carbocycles. The van der Waals surface area contributed by atoms with Crippen LogP contribution in [0.15, 0.2) is 35.9 Å². The highest BCUT2D eigenvalue weighted by molar-refractivity contribution is 14.1. The molecule has 1 aromatic carbocycles. The second-order valence-corrected chi connectivity index (χ2v) is 6.66. The van der Waals surface area contributed by atoms with Gasteiger partial charge in [-0.1, -0.05) is 46.4 Å². The number of rotatable bonds is 6. The fourth-order valence-corrected chi connectivity index (χ4v) is 2.86. The minimum absolute atomic E-state index is 0.0712. The fraction of sp³-hybridized carbons (Fsp3) is 0.438. The Morgan fingerprint density at radius 1 is 1.39 bits per heavy atom. The highest BCUT2D eigenvalue weighted by Gasteiger charge is 2.43. The van der Waals surface area contributed by atoms with Gasteiger partial charge in [-0.05, 0) is 31.5 Å². The molecule has 1 aromatic rings. The van der Waals surface area contributed by atoms with Crippen molar-refractivity contribution in [3.05, 3.63) is 41.5 Å². The highest BCUT2D eigenvalue weighted by atomic mass is 127. The number of carbonyl (C=O) groups excluding carboxylic acids is 1. The minimum atomic E-state index is -4.88. The van der Waals surface area contributed by atoms with Crippen molar-refractivity contribution in [2.24, 2.45) is 0 Å². The lowest BCUT2D eigenvalue weighted by Crippen LogP contribution is -2.45. The Hall–Kier alpha value is -1.25. The number of hydrogen-bond acceptors (Lipinski definition) is 2. The zero-order valence-electron chi connectivity index (χ0n) is 13.2. The average Bonchev–Trinajstić information content (AvgIpc) is 2.46. The molecule has 0 saturated carbocycles. The molecule has 0 N–H and O–H groups in total. The van der Waals surface area contributed by atoms with Crippen molar-refractivity contribution in [1.29, 1.82) is 0 Å². The number of ether oxygens (including phenoxy) is 1. The fourth-order valence-electron chi connectivity index (χ4n) is 1.87. The van der Waals surface area contributed by atoms with Gasteiger partial charge in [0.25, 0.3) is 0 Å². The number of hydrogen-bond donors (Lipinski definition) is 0. The number of benzene rings is 1. The SMILES string of the molecule is COc1cccc(CC(I)N(CC=C(C)C)C(=O)C(F)(F)F)c1. The van der Waals surface area contributed by atoms with Crippen LogP contribution in [-0.2, 0) is 11.2 Å². The summed E-state index contributed by atoms with van der Waals surface area (Å²) < 4.78 is 42.9. The van der Waals surface area contributed by atoms with Gasteiger partial charge in [0.15, 0.2) is 0 Å². The van der Waals surface area contributed by atoms with Crippen molar-refractivity contribution in [3.63, 3.8) is 0 Å². The summed E-state index contributed by atoms with van der Waals surface area (Å²) in [4.78, 5) is 12.5. The smallest absolute Gasteiger partial charge is 0.471 e. The number of halogens is 4. The van der Waals surface area contributed by atoms with Crippen LogP contribution >= 0.6 is 22.6 Å². The summed E-state index contributed by atoms with van der Waals surface area (Å²) in [6, 6.07) is 7.07. The van der Waals surface area contributed by atoms with Crippen LogP contribution in [0.2, 0.25) is 0 Å². The van der Waals surface area contributed by atoms with E-state index in [-0.39, 0.29) is 6.54 Å². The molecule has 0 aromatic heterocycles. The Bertz CT molecular complexity index is 569. The van der Waals surface area contributed by atoms with Gasteiger partial charge in [-0.2, -0.15) is 13.2 Å². The molecule has 0 bridgehead atoms. The topological polar surface area (TPSA) is 29.5 Å². The van der Waals surface area contributed by atoms with Crippen LogP contribution in [0.4, 0.5) is 13.2 Å². The number of amides is 1. The molecule has 0 spiro atoms. The number of allylic oxidation sites excluding steroid dienone is 1. The quantitative estimate of drug-likeness (QED) is 0.284. The van der Waals surface area contributed by atoms with Gasteiger partial charge < -0.3 is 9.64 Å². The van der Waals surface area contributed by atoms with Gasteiger partial charge in [0.1, 0.15) is 5.75 Å². The van der Waals surface area contributed by atoms with E-state index in [1.807, 2.05) is 22.6 Å². The molecule has 0 aliphatic rings. The molecule has 0 heterocycles. The van der Waals surface area contributed by atoms with E-state index in [0.717, 1.165) is 16.0 Å². The Balaban J connectivity index is 2.95. The summed E-state index contributed by atoms with van der Waals surface area (Å²) in [5.41, 5.74) is 1.66. The molecule has 0 aliphatic heterocycles. The molecule has 0 fully saturated rings. The lowest BCUT2D eigenvalue weighted by atomic mass is 10.1. The molecule has 7 heteroatoms. The van der Waals surface area contributed by atoms with E-state index in [9.17, 15) is 18.0 Å². The minimum Gasteiger partial charge on any atom is -0.497 e. The van der Waals surface area contributed by atoms with E-state index in [1.54, 1.807) is 44.2 Å². The summed E-state index contributed by atoms with van der Waals surface area (Å²) in [6.45, 7) is 3.49. The maximum absolute atomic E-state index is 12.8. The van der Waals surface area contributed by atoms with Crippen molar-refractivity contribution < 1.29 is 22.7 Å². The molecule has 1 unspecified atom stereocenters. The molecule has 0 saturated heterocycles. The zero-order valence-corrected chi connectivity index (χ0v) is 15.3. The first-order valence-corrected chi connectivity index (χ1v) is 8.18. The molecule has 128 valence electrons. The van der Waals surface area contributed by atoms with Crippen molar-refractivity contribution in [3.8, 4) is 5.75 Å². The summed E-state index contributed by atoms with van der Waals surface area (Å²) in [6.07, 6.45) is -2.97. The first-order chi connectivity index (χ1) is 10.6. The standard InChI is InChI=1S/C16H19F3INO2/c1-11(2)7-8-21(15(22)16(17,18)19)14(20)10-12-5-4-6-13(9-12)23-3/h4-7,9,14H,8,10H2,1-3H3. The van der Waals surface area contributed by atoms with E-state index in [4.69, 9.17) is 4.74 Å². The summed E-state index contributed by atoms with van der Waals surface area (Å²) in [5, 5.41) is 0. The molecule has 1 rings (SSSR count). The Labute approximate surface area is 147 Å². The van der Waals surface area contributed by atoms with Crippen LogP contribution in [0, 0.1) is 0 Å². The molecule has 23 heavy (non-hydrogen) atoms. The normalized spacial score (nSPS) is 12.5. The van der Waals surface area contributed by atoms with Crippen molar-refractivity contribution in [1.82, 2.24) is 4.90 Å². The van der Waals surface area contributed by atoms with Crippen molar-refractivity contribution in [2.75, 3.05) is 13.7 Å². The average molecular weight is 441 g/mol. The third-order valence-electron chi connectivity index (χ3n) is 3.08. The van der Waals surface area contributed by atoms with Crippen LogP contribution < -0.4 is 4.74 Å². The molecular weight excluding hydrogens is 422 g/mol.